The predicted molar refractivity (Wildman–Crippen MR) is 78.1 cm³/mol. The molecule has 0 amide bonds. The summed E-state index contributed by atoms with van der Waals surface area (Å²) in [7, 11) is 0. The van der Waals surface area contributed by atoms with Gasteiger partial charge in [-0.25, -0.2) is 15.8 Å². The number of piperazine rings is 1. The maximum Gasteiger partial charge on any atom is 0.148 e. The van der Waals surface area contributed by atoms with Crippen LogP contribution in [0.1, 0.15) is 26.3 Å². The molecule has 0 spiro atoms. The SMILES string of the molecule is CCc1c(NN)ncnc1N1CCN(C(C)C)CC1. The largest absolute Gasteiger partial charge is 0.354 e. The van der Waals surface area contributed by atoms with Crippen molar-refractivity contribution < 1.29 is 0 Å². The van der Waals surface area contributed by atoms with Gasteiger partial charge in [0, 0.05) is 37.8 Å². The Bertz CT molecular complexity index is 412. The third-order valence-corrected chi connectivity index (χ3v) is 3.76. The lowest BCUT2D eigenvalue weighted by Gasteiger charge is -2.38. The fraction of sp³-hybridized carbons (Fsp3) is 0.692. The van der Waals surface area contributed by atoms with E-state index in [1.54, 1.807) is 6.33 Å². The van der Waals surface area contributed by atoms with E-state index >= 15 is 0 Å². The highest BCUT2D eigenvalue weighted by atomic mass is 15.3. The average molecular weight is 264 g/mol. The van der Waals surface area contributed by atoms with Crippen LogP contribution in [0, 0.1) is 0 Å². The molecule has 1 aromatic rings. The number of hydrogen-bond acceptors (Lipinski definition) is 6. The van der Waals surface area contributed by atoms with Crippen molar-refractivity contribution in [2.45, 2.75) is 33.2 Å². The molecule has 6 nitrogen and oxygen atoms in total. The summed E-state index contributed by atoms with van der Waals surface area (Å²) < 4.78 is 0. The fourth-order valence-electron chi connectivity index (χ4n) is 2.58. The zero-order chi connectivity index (χ0) is 13.8. The Balaban J connectivity index is 2.15. The van der Waals surface area contributed by atoms with Gasteiger partial charge >= 0.3 is 0 Å². The van der Waals surface area contributed by atoms with Gasteiger partial charge in [-0.05, 0) is 20.3 Å². The molecule has 3 N–H and O–H groups in total. The van der Waals surface area contributed by atoms with E-state index in [1.807, 2.05) is 0 Å². The number of hydrazine groups is 1. The molecule has 0 bridgehead atoms. The van der Waals surface area contributed by atoms with Crippen molar-refractivity contribution in [3.8, 4) is 0 Å². The Morgan fingerprint density at radius 3 is 2.47 bits per heavy atom. The molecule has 0 saturated carbocycles. The summed E-state index contributed by atoms with van der Waals surface area (Å²) in [6.07, 6.45) is 2.46. The van der Waals surface area contributed by atoms with Crippen molar-refractivity contribution in [2.75, 3.05) is 36.5 Å². The van der Waals surface area contributed by atoms with Crippen LogP contribution >= 0.6 is 0 Å². The van der Waals surface area contributed by atoms with Gasteiger partial charge in [0.25, 0.3) is 0 Å². The maximum absolute atomic E-state index is 5.52. The minimum Gasteiger partial charge on any atom is -0.354 e. The summed E-state index contributed by atoms with van der Waals surface area (Å²) in [4.78, 5) is 13.5. The first kappa shape index (κ1) is 14.0. The zero-order valence-electron chi connectivity index (χ0n) is 12.1. The van der Waals surface area contributed by atoms with Crippen LogP contribution in [0.4, 0.5) is 11.6 Å². The van der Waals surface area contributed by atoms with Gasteiger partial charge in [0.2, 0.25) is 0 Å². The third-order valence-electron chi connectivity index (χ3n) is 3.76. The van der Waals surface area contributed by atoms with Gasteiger partial charge in [0.05, 0.1) is 0 Å². The second-order valence-corrected chi connectivity index (χ2v) is 5.14. The fourth-order valence-corrected chi connectivity index (χ4v) is 2.58. The van der Waals surface area contributed by atoms with Gasteiger partial charge < -0.3 is 10.3 Å². The average Bonchev–Trinajstić information content (AvgIpc) is 2.46. The highest BCUT2D eigenvalue weighted by Gasteiger charge is 2.22. The monoisotopic (exact) mass is 264 g/mol. The highest BCUT2D eigenvalue weighted by molar-refractivity contribution is 5.58. The first-order chi connectivity index (χ1) is 9.17. The summed E-state index contributed by atoms with van der Waals surface area (Å²) in [6, 6.07) is 0.611. The minimum absolute atomic E-state index is 0.611. The smallest absolute Gasteiger partial charge is 0.148 e. The molecule has 106 valence electrons. The molecular weight excluding hydrogens is 240 g/mol. The van der Waals surface area contributed by atoms with Gasteiger partial charge in [-0.1, -0.05) is 6.92 Å². The van der Waals surface area contributed by atoms with E-state index in [-0.39, 0.29) is 0 Å². The molecule has 1 fully saturated rings. The molecule has 1 aromatic heterocycles. The van der Waals surface area contributed by atoms with Crippen LogP contribution in [0.15, 0.2) is 6.33 Å². The molecule has 6 heteroatoms. The number of nitrogens with zero attached hydrogens (tertiary/aromatic N) is 4. The topological polar surface area (TPSA) is 70.3 Å². The van der Waals surface area contributed by atoms with E-state index in [9.17, 15) is 0 Å². The number of rotatable bonds is 4. The van der Waals surface area contributed by atoms with E-state index in [0.29, 0.717) is 6.04 Å². The van der Waals surface area contributed by atoms with Crippen molar-refractivity contribution in [1.82, 2.24) is 14.9 Å². The maximum atomic E-state index is 5.52. The second-order valence-electron chi connectivity index (χ2n) is 5.14. The van der Waals surface area contributed by atoms with Crippen LogP contribution in [0.3, 0.4) is 0 Å². The minimum atomic E-state index is 0.611. The van der Waals surface area contributed by atoms with Crippen molar-refractivity contribution in [3.63, 3.8) is 0 Å². The Hall–Kier alpha value is -1.40. The third kappa shape index (κ3) is 2.96. The molecule has 0 aromatic carbocycles. The molecule has 2 heterocycles. The summed E-state index contributed by atoms with van der Waals surface area (Å²) in [5.41, 5.74) is 3.76. The molecule has 1 aliphatic heterocycles. The molecule has 1 saturated heterocycles. The quantitative estimate of drug-likeness (QED) is 0.621. The molecule has 0 aliphatic carbocycles. The van der Waals surface area contributed by atoms with Gasteiger partial charge in [-0.2, -0.15) is 0 Å². The van der Waals surface area contributed by atoms with Gasteiger partial charge in [0.15, 0.2) is 0 Å². The second kappa shape index (κ2) is 6.16. The number of hydrogen-bond donors (Lipinski definition) is 2. The highest BCUT2D eigenvalue weighted by Crippen LogP contribution is 2.24. The van der Waals surface area contributed by atoms with Gasteiger partial charge in [0.1, 0.15) is 18.0 Å². The lowest BCUT2D eigenvalue weighted by molar-refractivity contribution is 0.209. The zero-order valence-corrected chi connectivity index (χ0v) is 12.1. The van der Waals surface area contributed by atoms with Crippen LogP contribution in [0.25, 0.3) is 0 Å². The number of nitrogen functional groups attached to an aromatic ring is 1. The molecule has 0 atom stereocenters. The van der Waals surface area contributed by atoms with Crippen molar-refractivity contribution in [2.24, 2.45) is 5.84 Å². The molecule has 19 heavy (non-hydrogen) atoms. The number of nitrogens with one attached hydrogen (secondary N) is 1. The number of nitrogens with two attached hydrogens (primary N) is 1. The molecule has 0 radical (unpaired) electrons. The summed E-state index contributed by atoms with van der Waals surface area (Å²) >= 11 is 0. The normalized spacial score (nSPS) is 17.0. The van der Waals surface area contributed by atoms with Crippen LogP contribution in [0.5, 0.6) is 0 Å². The van der Waals surface area contributed by atoms with Crippen LogP contribution < -0.4 is 16.2 Å². The molecule has 1 aliphatic rings. The first-order valence-corrected chi connectivity index (χ1v) is 6.96. The summed E-state index contributed by atoms with van der Waals surface area (Å²) in [6.45, 7) is 10.8. The van der Waals surface area contributed by atoms with Crippen molar-refractivity contribution in [1.29, 1.82) is 0 Å². The van der Waals surface area contributed by atoms with Crippen molar-refractivity contribution >= 4 is 11.6 Å². The summed E-state index contributed by atoms with van der Waals surface area (Å²) in [5.74, 6) is 7.28. The molecular formula is C13H24N6. The van der Waals surface area contributed by atoms with E-state index in [2.05, 4.69) is 46.0 Å². The Kier molecular flexibility index (Phi) is 4.55. The molecule has 0 unspecified atom stereocenters. The van der Waals surface area contributed by atoms with E-state index in [0.717, 1.165) is 49.8 Å². The number of anilines is 2. The molecule has 2 rings (SSSR count). The summed E-state index contributed by atoms with van der Waals surface area (Å²) in [5, 5.41) is 0. The Morgan fingerprint density at radius 2 is 1.95 bits per heavy atom. The number of aromatic nitrogens is 2. The van der Waals surface area contributed by atoms with Gasteiger partial charge in [-0.15, -0.1) is 0 Å². The predicted octanol–water partition coefficient (Wildman–Crippen LogP) is 0.855. The lowest BCUT2D eigenvalue weighted by atomic mass is 10.2. The van der Waals surface area contributed by atoms with E-state index in [4.69, 9.17) is 5.84 Å². The van der Waals surface area contributed by atoms with Crippen LogP contribution in [-0.2, 0) is 6.42 Å². The standard InChI is InChI=1S/C13H24N6/c1-4-11-12(17-14)15-9-16-13(11)19-7-5-18(6-8-19)10(2)3/h9-10H,4-8,14H2,1-3H3,(H,15,16,17). The van der Waals surface area contributed by atoms with E-state index in [1.165, 1.54) is 0 Å². The van der Waals surface area contributed by atoms with E-state index < -0.39 is 0 Å². The van der Waals surface area contributed by atoms with Crippen LogP contribution in [-0.4, -0.2) is 47.1 Å². The Labute approximate surface area is 115 Å². The van der Waals surface area contributed by atoms with Crippen LogP contribution in [0.2, 0.25) is 0 Å². The first-order valence-electron chi connectivity index (χ1n) is 6.96. The van der Waals surface area contributed by atoms with Gasteiger partial charge in [-0.3, -0.25) is 4.90 Å². The lowest BCUT2D eigenvalue weighted by Crippen LogP contribution is -2.49. The van der Waals surface area contributed by atoms with Crippen molar-refractivity contribution in [3.05, 3.63) is 11.9 Å². The Morgan fingerprint density at radius 1 is 1.26 bits per heavy atom.